The second kappa shape index (κ2) is 20.0. The third-order valence-electron chi connectivity index (χ3n) is 5.25. The number of unbranched alkanes of at least 4 members (excludes halogenated alkanes) is 12. The Morgan fingerprint density at radius 2 is 0.826 bits per heavy atom. The van der Waals surface area contributed by atoms with Gasteiger partial charge in [-0.1, -0.05) is 117 Å². The number of hydrogen-bond acceptors (Lipinski definition) is 1. The number of nitrogens with two attached hydrogens (primary N) is 1. The molecular weight excluding hydrogens is 278 g/mol. The van der Waals surface area contributed by atoms with Gasteiger partial charge in [0, 0.05) is 0 Å². The molecule has 0 aliphatic rings. The van der Waals surface area contributed by atoms with Crippen LogP contribution in [0.2, 0.25) is 0 Å². The molecule has 0 aromatic rings. The van der Waals surface area contributed by atoms with Crippen LogP contribution in [0, 0.1) is 5.92 Å². The van der Waals surface area contributed by atoms with Crippen molar-refractivity contribution in [3.8, 4) is 0 Å². The van der Waals surface area contributed by atoms with Crippen LogP contribution in [0.15, 0.2) is 0 Å². The van der Waals surface area contributed by atoms with Crippen LogP contribution < -0.4 is 5.73 Å². The van der Waals surface area contributed by atoms with Crippen molar-refractivity contribution in [2.24, 2.45) is 11.7 Å². The predicted molar refractivity (Wildman–Crippen MR) is 107 cm³/mol. The van der Waals surface area contributed by atoms with Gasteiger partial charge in [-0.2, -0.15) is 0 Å². The van der Waals surface area contributed by atoms with Crippen LogP contribution in [0.5, 0.6) is 0 Å². The topological polar surface area (TPSA) is 26.0 Å². The highest BCUT2D eigenvalue weighted by Gasteiger charge is 2.08. The molecule has 0 fully saturated rings. The van der Waals surface area contributed by atoms with Gasteiger partial charge < -0.3 is 5.73 Å². The molecule has 1 heteroatoms. The van der Waals surface area contributed by atoms with E-state index in [0.29, 0.717) is 0 Å². The van der Waals surface area contributed by atoms with Crippen molar-refractivity contribution < 1.29 is 0 Å². The Hall–Kier alpha value is -0.0400. The van der Waals surface area contributed by atoms with Gasteiger partial charge in [-0.3, -0.25) is 0 Å². The van der Waals surface area contributed by atoms with Crippen LogP contribution in [0.25, 0.3) is 0 Å². The van der Waals surface area contributed by atoms with E-state index >= 15 is 0 Å². The minimum absolute atomic E-state index is 0.879. The van der Waals surface area contributed by atoms with Crippen molar-refractivity contribution in [3.05, 3.63) is 0 Å². The first kappa shape index (κ1) is 23.0. The first-order valence-corrected chi connectivity index (χ1v) is 11.0. The van der Waals surface area contributed by atoms with E-state index in [1.165, 1.54) is 116 Å². The quantitative estimate of drug-likeness (QED) is 0.243. The molecule has 0 aliphatic carbocycles. The largest absolute Gasteiger partial charge is 0.330 e. The van der Waals surface area contributed by atoms with Crippen LogP contribution >= 0.6 is 0 Å². The van der Waals surface area contributed by atoms with Gasteiger partial charge >= 0.3 is 0 Å². The Morgan fingerprint density at radius 1 is 0.478 bits per heavy atom. The SMILES string of the molecule is CCCCCCCCCCC(CCCN)CCCCCCCC. The summed E-state index contributed by atoms with van der Waals surface area (Å²) < 4.78 is 0. The van der Waals surface area contributed by atoms with E-state index in [-0.39, 0.29) is 0 Å². The van der Waals surface area contributed by atoms with Gasteiger partial charge in [-0.05, 0) is 25.3 Å². The minimum Gasteiger partial charge on any atom is -0.330 e. The first-order valence-electron chi connectivity index (χ1n) is 11.0. The lowest BCUT2D eigenvalue weighted by Crippen LogP contribution is -2.06. The second-order valence-electron chi connectivity index (χ2n) is 7.62. The lowest BCUT2D eigenvalue weighted by atomic mass is 9.90. The van der Waals surface area contributed by atoms with Gasteiger partial charge in [0.2, 0.25) is 0 Å². The molecule has 0 aliphatic heterocycles. The summed E-state index contributed by atoms with van der Waals surface area (Å²) in [5.74, 6) is 0.963. The molecule has 0 aromatic heterocycles. The Labute approximate surface area is 148 Å². The molecule has 0 saturated carbocycles. The molecule has 0 aromatic carbocycles. The molecule has 0 radical (unpaired) electrons. The summed E-state index contributed by atoms with van der Waals surface area (Å²) in [6.07, 6.45) is 25.7. The molecule has 0 saturated heterocycles. The van der Waals surface area contributed by atoms with Crippen molar-refractivity contribution in [3.63, 3.8) is 0 Å². The van der Waals surface area contributed by atoms with E-state index in [1.54, 1.807) is 0 Å². The van der Waals surface area contributed by atoms with Crippen LogP contribution in [-0.2, 0) is 0 Å². The summed E-state index contributed by atoms with van der Waals surface area (Å²) in [5, 5.41) is 0. The highest BCUT2D eigenvalue weighted by Crippen LogP contribution is 2.23. The van der Waals surface area contributed by atoms with Crippen molar-refractivity contribution in [1.29, 1.82) is 0 Å². The molecular formula is C22H47N. The Bertz CT molecular complexity index is 202. The standard InChI is InChI=1S/C22H47N/c1-3-5-7-9-11-12-14-16-19-22(20-17-21-23)18-15-13-10-8-6-4-2/h22H,3-21,23H2,1-2H3. The Kier molecular flexibility index (Phi) is 20.0. The average molecular weight is 326 g/mol. The fourth-order valence-corrected chi connectivity index (χ4v) is 3.62. The summed E-state index contributed by atoms with van der Waals surface area (Å²) in [6, 6.07) is 0. The first-order chi connectivity index (χ1) is 11.3. The second-order valence-corrected chi connectivity index (χ2v) is 7.62. The highest BCUT2D eigenvalue weighted by atomic mass is 14.5. The van der Waals surface area contributed by atoms with Crippen molar-refractivity contribution in [2.75, 3.05) is 6.54 Å². The lowest BCUT2D eigenvalue weighted by molar-refractivity contribution is 0.374. The van der Waals surface area contributed by atoms with E-state index < -0.39 is 0 Å². The molecule has 2 N–H and O–H groups in total. The minimum atomic E-state index is 0.879. The van der Waals surface area contributed by atoms with Crippen molar-refractivity contribution in [1.82, 2.24) is 0 Å². The fourth-order valence-electron chi connectivity index (χ4n) is 3.62. The third kappa shape index (κ3) is 18.1. The molecule has 0 amide bonds. The maximum absolute atomic E-state index is 5.72. The van der Waals surface area contributed by atoms with Crippen LogP contribution in [0.3, 0.4) is 0 Å². The summed E-state index contributed by atoms with van der Waals surface area (Å²) >= 11 is 0. The monoisotopic (exact) mass is 325 g/mol. The molecule has 1 atom stereocenters. The van der Waals surface area contributed by atoms with E-state index in [2.05, 4.69) is 13.8 Å². The van der Waals surface area contributed by atoms with E-state index in [4.69, 9.17) is 5.73 Å². The van der Waals surface area contributed by atoms with E-state index in [9.17, 15) is 0 Å². The zero-order valence-corrected chi connectivity index (χ0v) is 16.6. The van der Waals surface area contributed by atoms with E-state index in [0.717, 1.165) is 12.5 Å². The molecule has 0 spiro atoms. The predicted octanol–water partition coefficient (Wildman–Crippen LogP) is 7.62. The Balaban J connectivity index is 3.54. The molecule has 140 valence electrons. The Morgan fingerprint density at radius 3 is 1.22 bits per heavy atom. The summed E-state index contributed by atoms with van der Waals surface area (Å²) in [4.78, 5) is 0. The van der Waals surface area contributed by atoms with Crippen molar-refractivity contribution in [2.45, 2.75) is 129 Å². The lowest BCUT2D eigenvalue weighted by Gasteiger charge is -2.16. The molecule has 0 heterocycles. The average Bonchev–Trinajstić information content (AvgIpc) is 2.57. The molecule has 0 bridgehead atoms. The molecule has 23 heavy (non-hydrogen) atoms. The van der Waals surface area contributed by atoms with Gasteiger partial charge in [0.15, 0.2) is 0 Å². The van der Waals surface area contributed by atoms with Crippen LogP contribution in [0.1, 0.15) is 129 Å². The number of rotatable bonds is 19. The fraction of sp³-hybridized carbons (Fsp3) is 1.00. The smallest absolute Gasteiger partial charge is 0.00772 e. The summed E-state index contributed by atoms with van der Waals surface area (Å²) in [7, 11) is 0. The van der Waals surface area contributed by atoms with Gasteiger partial charge in [0.25, 0.3) is 0 Å². The van der Waals surface area contributed by atoms with Crippen molar-refractivity contribution >= 4 is 0 Å². The molecule has 1 nitrogen and oxygen atoms in total. The van der Waals surface area contributed by atoms with E-state index in [1.807, 2.05) is 0 Å². The normalized spacial score (nSPS) is 12.7. The maximum Gasteiger partial charge on any atom is -0.00772 e. The molecule has 1 unspecified atom stereocenters. The van der Waals surface area contributed by atoms with Gasteiger partial charge in [0.1, 0.15) is 0 Å². The van der Waals surface area contributed by atoms with Gasteiger partial charge in [-0.15, -0.1) is 0 Å². The zero-order valence-electron chi connectivity index (χ0n) is 16.6. The summed E-state index contributed by atoms with van der Waals surface area (Å²) in [6.45, 7) is 5.47. The maximum atomic E-state index is 5.72. The van der Waals surface area contributed by atoms with Crippen LogP contribution in [0.4, 0.5) is 0 Å². The number of hydrogen-bond donors (Lipinski definition) is 1. The highest BCUT2D eigenvalue weighted by molar-refractivity contribution is 4.62. The van der Waals surface area contributed by atoms with Gasteiger partial charge in [0.05, 0.1) is 0 Å². The third-order valence-corrected chi connectivity index (χ3v) is 5.25. The zero-order chi connectivity index (χ0) is 17.0. The molecule has 0 rings (SSSR count). The summed E-state index contributed by atoms with van der Waals surface area (Å²) in [5.41, 5.74) is 5.72. The van der Waals surface area contributed by atoms with Gasteiger partial charge in [-0.25, -0.2) is 0 Å². The van der Waals surface area contributed by atoms with Crippen LogP contribution in [-0.4, -0.2) is 6.54 Å².